The number of nitriles is 1. The highest BCUT2D eigenvalue weighted by Crippen LogP contribution is 2.42. The van der Waals surface area contributed by atoms with Crippen molar-refractivity contribution in [2.75, 3.05) is 4.90 Å². The molecule has 1 aliphatic carbocycles. The van der Waals surface area contributed by atoms with Gasteiger partial charge in [0.2, 0.25) is 0 Å². The first-order chi connectivity index (χ1) is 10.6. The summed E-state index contributed by atoms with van der Waals surface area (Å²) in [7, 11) is 0. The topological polar surface area (TPSA) is 90.1 Å². The number of pyridine rings is 2. The Bertz CT molecular complexity index is 783. The molecule has 0 spiro atoms. The first kappa shape index (κ1) is 14.3. The van der Waals surface area contributed by atoms with E-state index in [9.17, 15) is 9.90 Å². The fraction of sp³-hybridized carbons (Fsp3) is 0.200. The number of halogens is 1. The second kappa shape index (κ2) is 5.62. The van der Waals surface area contributed by atoms with Crippen LogP contribution in [0.1, 0.15) is 29.9 Å². The third-order valence-electron chi connectivity index (χ3n) is 3.38. The van der Waals surface area contributed by atoms with Gasteiger partial charge in [0.15, 0.2) is 0 Å². The monoisotopic (exact) mass is 314 g/mol. The van der Waals surface area contributed by atoms with E-state index in [1.807, 2.05) is 6.07 Å². The molecule has 3 rings (SSSR count). The third-order valence-corrected chi connectivity index (χ3v) is 3.57. The molecule has 7 heteroatoms. The SMILES string of the molecule is N#Cc1ccnc(N(C(=O)O)c2cc(C3CC3)cc(Cl)n2)c1. The predicted octanol–water partition coefficient (Wildman–Crippen LogP) is 3.70. The van der Waals surface area contributed by atoms with Crippen molar-refractivity contribution in [1.82, 2.24) is 9.97 Å². The van der Waals surface area contributed by atoms with Gasteiger partial charge in [0.25, 0.3) is 0 Å². The molecule has 0 atom stereocenters. The number of hydrogen-bond donors (Lipinski definition) is 1. The molecule has 110 valence electrons. The number of carbonyl (C=O) groups is 1. The number of aromatic nitrogens is 2. The molecule has 6 nitrogen and oxygen atoms in total. The number of nitrogens with zero attached hydrogens (tertiary/aromatic N) is 4. The number of amides is 1. The molecule has 2 heterocycles. The molecule has 1 fully saturated rings. The highest BCUT2D eigenvalue weighted by Gasteiger charge is 2.27. The molecule has 0 aromatic carbocycles. The normalized spacial score (nSPS) is 13.5. The lowest BCUT2D eigenvalue weighted by molar-refractivity contribution is 0.204. The maximum atomic E-state index is 11.6. The molecule has 1 saturated carbocycles. The number of hydrogen-bond acceptors (Lipinski definition) is 4. The van der Waals surface area contributed by atoms with E-state index in [2.05, 4.69) is 9.97 Å². The van der Waals surface area contributed by atoms with Crippen LogP contribution >= 0.6 is 11.6 Å². The lowest BCUT2D eigenvalue weighted by Gasteiger charge is -2.18. The van der Waals surface area contributed by atoms with Crippen molar-refractivity contribution < 1.29 is 9.90 Å². The number of anilines is 2. The summed E-state index contributed by atoms with van der Waals surface area (Å²) in [5, 5.41) is 18.7. The van der Waals surface area contributed by atoms with E-state index in [4.69, 9.17) is 16.9 Å². The minimum atomic E-state index is -1.24. The van der Waals surface area contributed by atoms with Crippen molar-refractivity contribution in [3.63, 3.8) is 0 Å². The maximum Gasteiger partial charge on any atom is 0.418 e. The Balaban J connectivity index is 2.08. The largest absolute Gasteiger partial charge is 0.464 e. The highest BCUT2D eigenvalue weighted by molar-refractivity contribution is 6.29. The fourth-order valence-corrected chi connectivity index (χ4v) is 2.41. The minimum Gasteiger partial charge on any atom is -0.464 e. The molecule has 2 aromatic heterocycles. The van der Waals surface area contributed by atoms with Gasteiger partial charge in [0.1, 0.15) is 16.8 Å². The molecule has 2 aromatic rings. The van der Waals surface area contributed by atoms with Gasteiger partial charge >= 0.3 is 6.09 Å². The van der Waals surface area contributed by atoms with Crippen molar-refractivity contribution in [1.29, 1.82) is 5.26 Å². The van der Waals surface area contributed by atoms with Crippen LogP contribution in [-0.2, 0) is 0 Å². The Morgan fingerprint density at radius 1 is 1.36 bits per heavy atom. The van der Waals surface area contributed by atoms with Crippen molar-refractivity contribution in [2.45, 2.75) is 18.8 Å². The summed E-state index contributed by atoms with van der Waals surface area (Å²) in [6.45, 7) is 0. The zero-order valence-electron chi connectivity index (χ0n) is 11.4. The van der Waals surface area contributed by atoms with Crippen LogP contribution in [0.4, 0.5) is 16.4 Å². The van der Waals surface area contributed by atoms with E-state index in [-0.39, 0.29) is 16.8 Å². The summed E-state index contributed by atoms with van der Waals surface area (Å²) in [6.07, 6.45) is 2.28. The molecule has 1 aliphatic rings. The molecule has 1 N–H and O–H groups in total. The van der Waals surface area contributed by atoms with E-state index >= 15 is 0 Å². The molecular weight excluding hydrogens is 304 g/mol. The van der Waals surface area contributed by atoms with Gasteiger partial charge in [0, 0.05) is 6.20 Å². The second-order valence-corrected chi connectivity index (χ2v) is 5.38. The van der Waals surface area contributed by atoms with Gasteiger partial charge in [0.05, 0.1) is 11.6 Å². The number of rotatable bonds is 3. The zero-order valence-corrected chi connectivity index (χ0v) is 12.2. The molecule has 1 amide bonds. The smallest absolute Gasteiger partial charge is 0.418 e. The molecule has 22 heavy (non-hydrogen) atoms. The summed E-state index contributed by atoms with van der Waals surface area (Å²) in [6, 6.07) is 8.32. The molecule has 0 unspecified atom stereocenters. The van der Waals surface area contributed by atoms with E-state index in [1.165, 1.54) is 18.3 Å². The first-order valence-electron chi connectivity index (χ1n) is 6.65. The van der Waals surface area contributed by atoms with Crippen LogP contribution in [0, 0.1) is 11.3 Å². The molecule has 0 bridgehead atoms. The summed E-state index contributed by atoms with van der Waals surface area (Å²) < 4.78 is 0. The average molecular weight is 315 g/mol. The first-order valence-corrected chi connectivity index (χ1v) is 7.03. The summed E-state index contributed by atoms with van der Waals surface area (Å²) in [5.74, 6) is 0.709. The minimum absolute atomic E-state index is 0.114. The van der Waals surface area contributed by atoms with Gasteiger partial charge in [-0.25, -0.2) is 19.7 Å². The summed E-state index contributed by atoms with van der Waals surface area (Å²) in [4.78, 5) is 20.7. The quantitative estimate of drug-likeness (QED) is 0.872. The van der Waals surface area contributed by atoms with E-state index in [0.717, 1.165) is 23.3 Å². The Morgan fingerprint density at radius 2 is 2.14 bits per heavy atom. The molecule has 0 radical (unpaired) electrons. The Morgan fingerprint density at radius 3 is 2.77 bits per heavy atom. The summed E-state index contributed by atoms with van der Waals surface area (Å²) >= 11 is 6.01. The standard InChI is InChI=1S/C15H11ClN4O2/c16-12-6-11(10-1-2-10)7-14(19-12)20(15(21)22)13-5-9(8-17)3-4-18-13/h3-7,10H,1-2H2,(H,21,22). The maximum absolute atomic E-state index is 11.6. The van der Waals surface area contributed by atoms with Gasteiger partial charge in [-0.15, -0.1) is 0 Å². The van der Waals surface area contributed by atoms with Crippen LogP contribution in [0.15, 0.2) is 30.5 Å². The van der Waals surface area contributed by atoms with Crippen molar-refractivity contribution in [2.24, 2.45) is 0 Å². The lowest BCUT2D eigenvalue weighted by Crippen LogP contribution is -2.25. The molecule has 0 aliphatic heterocycles. The van der Waals surface area contributed by atoms with Gasteiger partial charge in [-0.2, -0.15) is 5.26 Å². The fourth-order valence-electron chi connectivity index (χ4n) is 2.19. The van der Waals surface area contributed by atoms with Crippen LogP contribution < -0.4 is 4.90 Å². The van der Waals surface area contributed by atoms with Crippen molar-refractivity contribution in [3.05, 3.63) is 46.7 Å². The van der Waals surface area contributed by atoms with Gasteiger partial charge in [-0.3, -0.25) is 0 Å². The van der Waals surface area contributed by atoms with Crippen LogP contribution in [0.25, 0.3) is 0 Å². The molecule has 0 saturated heterocycles. The van der Waals surface area contributed by atoms with Crippen LogP contribution in [0.2, 0.25) is 5.15 Å². The van der Waals surface area contributed by atoms with Crippen molar-refractivity contribution in [3.8, 4) is 6.07 Å². The van der Waals surface area contributed by atoms with Gasteiger partial charge in [-0.1, -0.05) is 11.6 Å². The van der Waals surface area contributed by atoms with E-state index in [1.54, 1.807) is 12.1 Å². The van der Waals surface area contributed by atoms with E-state index < -0.39 is 6.09 Å². The van der Waals surface area contributed by atoms with Crippen LogP contribution in [0.5, 0.6) is 0 Å². The lowest BCUT2D eigenvalue weighted by atomic mass is 10.1. The number of carboxylic acid groups (broad SMARTS) is 1. The Kier molecular flexibility index (Phi) is 3.65. The Hall–Kier alpha value is -2.65. The van der Waals surface area contributed by atoms with Crippen LogP contribution in [0.3, 0.4) is 0 Å². The van der Waals surface area contributed by atoms with Gasteiger partial charge < -0.3 is 5.11 Å². The van der Waals surface area contributed by atoms with Crippen LogP contribution in [-0.4, -0.2) is 21.2 Å². The van der Waals surface area contributed by atoms with Crippen molar-refractivity contribution >= 4 is 29.3 Å². The zero-order chi connectivity index (χ0) is 15.7. The van der Waals surface area contributed by atoms with E-state index in [0.29, 0.717) is 11.5 Å². The average Bonchev–Trinajstić information content (AvgIpc) is 3.31. The predicted molar refractivity (Wildman–Crippen MR) is 80.3 cm³/mol. The highest BCUT2D eigenvalue weighted by atomic mass is 35.5. The Labute approximate surface area is 131 Å². The van der Waals surface area contributed by atoms with Gasteiger partial charge in [-0.05, 0) is 48.6 Å². The third kappa shape index (κ3) is 2.85. The molecular formula is C15H11ClN4O2. The second-order valence-electron chi connectivity index (χ2n) is 4.99. The summed E-state index contributed by atoms with van der Waals surface area (Å²) in [5.41, 5.74) is 1.29.